The molecule has 0 radical (unpaired) electrons. The van der Waals surface area contributed by atoms with Crippen molar-refractivity contribution in [2.45, 2.75) is 39.2 Å². The van der Waals surface area contributed by atoms with Gasteiger partial charge in [0.2, 0.25) is 17.7 Å². The van der Waals surface area contributed by atoms with E-state index in [9.17, 15) is 14.4 Å². The van der Waals surface area contributed by atoms with Crippen molar-refractivity contribution >= 4 is 35.8 Å². The van der Waals surface area contributed by atoms with Gasteiger partial charge in [-0.05, 0) is 37.6 Å². The average Bonchev–Trinajstić information content (AvgIpc) is 3.15. The highest BCUT2D eigenvalue weighted by Gasteiger charge is 2.33. The number of para-hydroxylation sites is 1. The average molecular weight is 423 g/mol. The maximum Gasteiger partial charge on any atom is 0.227 e. The summed E-state index contributed by atoms with van der Waals surface area (Å²) >= 11 is 0. The van der Waals surface area contributed by atoms with Crippen LogP contribution in [-0.2, 0) is 20.8 Å². The summed E-state index contributed by atoms with van der Waals surface area (Å²) < 4.78 is 0. The molecule has 7 nitrogen and oxygen atoms in total. The Labute approximate surface area is 178 Å². The third kappa shape index (κ3) is 6.18. The first-order valence-electron chi connectivity index (χ1n) is 10.1. The minimum atomic E-state index is -0.151. The van der Waals surface area contributed by atoms with Gasteiger partial charge in [0.1, 0.15) is 0 Å². The first-order valence-corrected chi connectivity index (χ1v) is 10.1. The van der Waals surface area contributed by atoms with Crippen LogP contribution < -0.4 is 5.32 Å². The lowest BCUT2D eigenvalue weighted by Gasteiger charge is -2.42. The molecule has 2 fully saturated rings. The number of nitrogens with zero attached hydrogens (tertiary/aromatic N) is 3. The van der Waals surface area contributed by atoms with Crippen molar-refractivity contribution in [3.63, 3.8) is 0 Å². The van der Waals surface area contributed by atoms with Gasteiger partial charge in [-0.1, -0.05) is 18.2 Å². The molecule has 2 saturated heterocycles. The van der Waals surface area contributed by atoms with E-state index in [2.05, 4.69) is 10.2 Å². The fourth-order valence-electron chi connectivity index (χ4n) is 4.14. The van der Waals surface area contributed by atoms with Crippen LogP contribution in [0.25, 0.3) is 0 Å². The van der Waals surface area contributed by atoms with Crippen molar-refractivity contribution in [1.29, 1.82) is 0 Å². The highest BCUT2D eigenvalue weighted by atomic mass is 35.5. The molecule has 2 aliphatic heterocycles. The third-order valence-electron chi connectivity index (χ3n) is 5.59. The summed E-state index contributed by atoms with van der Waals surface area (Å²) in [5.41, 5.74) is 1.50. The minimum Gasteiger partial charge on any atom is -0.339 e. The summed E-state index contributed by atoms with van der Waals surface area (Å²) in [5, 5.41) is 2.80. The number of rotatable bonds is 5. The summed E-state index contributed by atoms with van der Waals surface area (Å²) in [6.07, 6.45) is 2.63. The number of nitrogens with one attached hydrogen (secondary N) is 1. The van der Waals surface area contributed by atoms with Crippen molar-refractivity contribution in [1.82, 2.24) is 14.7 Å². The van der Waals surface area contributed by atoms with Gasteiger partial charge in [0.05, 0.1) is 12.5 Å². The van der Waals surface area contributed by atoms with Gasteiger partial charge in [-0.3, -0.25) is 14.4 Å². The number of anilines is 1. The maximum atomic E-state index is 13.2. The Morgan fingerprint density at radius 2 is 1.72 bits per heavy atom. The summed E-state index contributed by atoms with van der Waals surface area (Å²) in [7, 11) is 0. The number of halogens is 1. The first-order chi connectivity index (χ1) is 13.4. The van der Waals surface area contributed by atoms with Crippen molar-refractivity contribution < 1.29 is 14.4 Å². The Hall–Kier alpha value is -2.12. The van der Waals surface area contributed by atoms with E-state index in [1.165, 1.54) is 19.8 Å². The molecule has 1 unspecified atom stereocenters. The van der Waals surface area contributed by atoms with Gasteiger partial charge in [0.25, 0.3) is 0 Å². The number of benzene rings is 1. The predicted octanol–water partition coefficient (Wildman–Crippen LogP) is 1.76. The maximum absolute atomic E-state index is 13.2. The van der Waals surface area contributed by atoms with Crippen molar-refractivity contribution in [3.05, 3.63) is 29.8 Å². The summed E-state index contributed by atoms with van der Waals surface area (Å²) in [4.78, 5) is 42.6. The molecule has 8 heteroatoms. The molecule has 0 aliphatic carbocycles. The molecule has 160 valence electrons. The molecule has 29 heavy (non-hydrogen) atoms. The fraction of sp³-hybridized carbons (Fsp3) is 0.571. The Kier molecular flexibility index (Phi) is 8.46. The van der Waals surface area contributed by atoms with Crippen molar-refractivity contribution in [2.75, 3.05) is 44.6 Å². The van der Waals surface area contributed by atoms with Crippen LogP contribution in [0.2, 0.25) is 0 Å². The molecule has 0 spiro atoms. The number of piperazine rings is 1. The molecule has 2 aliphatic rings. The van der Waals surface area contributed by atoms with Crippen molar-refractivity contribution in [3.8, 4) is 0 Å². The van der Waals surface area contributed by atoms with E-state index in [0.29, 0.717) is 25.3 Å². The predicted molar refractivity (Wildman–Crippen MR) is 115 cm³/mol. The molecular weight excluding hydrogens is 392 g/mol. The Morgan fingerprint density at radius 3 is 2.38 bits per heavy atom. The zero-order valence-corrected chi connectivity index (χ0v) is 18.0. The second-order valence-corrected chi connectivity index (χ2v) is 7.73. The number of carbonyl (C=O) groups is 3. The van der Waals surface area contributed by atoms with E-state index in [-0.39, 0.29) is 42.6 Å². The standard InChI is InChI=1S/C21H30N4O3.ClH/c1-16(26)22-20-8-4-3-7-18(20)13-21(28)25-12-11-24(17(2)27)15-19(25)14-23-9-5-6-10-23;/h3-4,7-8,19H,5-6,9-15H2,1-2H3,(H,22,26);1H. The lowest BCUT2D eigenvalue weighted by atomic mass is 10.1. The molecule has 1 atom stereocenters. The molecule has 3 rings (SSSR count). The normalized spacial score (nSPS) is 19.6. The van der Waals surface area contributed by atoms with E-state index in [4.69, 9.17) is 0 Å². The lowest BCUT2D eigenvalue weighted by Crippen LogP contribution is -2.59. The second-order valence-electron chi connectivity index (χ2n) is 7.73. The van der Waals surface area contributed by atoms with E-state index in [1.54, 1.807) is 6.92 Å². The molecule has 1 aromatic rings. The van der Waals surface area contributed by atoms with Crippen LogP contribution in [0.3, 0.4) is 0 Å². The largest absolute Gasteiger partial charge is 0.339 e. The molecule has 3 amide bonds. The van der Waals surface area contributed by atoms with Crippen molar-refractivity contribution in [2.24, 2.45) is 0 Å². The number of hydrogen-bond donors (Lipinski definition) is 1. The molecule has 0 saturated carbocycles. The summed E-state index contributed by atoms with van der Waals surface area (Å²) in [6.45, 7) is 7.70. The first kappa shape index (κ1) is 23.2. The molecule has 0 bridgehead atoms. The Morgan fingerprint density at radius 1 is 1.03 bits per heavy atom. The van der Waals surface area contributed by atoms with Gasteiger partial charge < -0.3 is 20.0 Å². The van der Waals surface area contributed by atoms with Crippen LogP contribution in [0.4, 0.5) is 5.69 Å². The van der Waals surface area contributed by atoms with Crippen LogP contribution in [-0.4, -0.2) is 77.7 Å². The third-order valence-corrected chi connectivity index (χ3v) is 5.59. The van der Waals surface area contributed by atoms with E-state index in [0.717, 1.165) is 25.2 Å². The summed E-state index contributed by atoms with van der Waals surface area (Å²) in [6, 6.07) is 7.44. The second kappa shape index (κ2) is 10.6. The SMILES string of the molecule is CC(=O)Nc1ccccc1CC(=O)N1CCN(C(C)=O)CC1CN1CCCC1.Cl. The van der Waals surface area contributed by atoms with Gasteiger partial charge in [-0.25, -0.2) is 0 Å². The van der Waals surface area contributed by atoms with E-state index in [1.807, 2.05) is 34.1 Å². The van der Waals surface area contributed by atoms with Gasteiger partial charge in [-0.15, -0.1) is 12.4 Å². The molecule has 1 aromatic carbocycles. The quantitative estimate of drug-likeness (QED) is 0.784. The van der Waals surface area contributed by atoms with Gasteiger partial charge in [0.15, 0.2) is 0 Å². The molecule has 0 aromatic heterocycles. The minimum absolute atomic E-state index is 0. The highest BCUT2D eigenvalue weighted by Crippen LogP contribution is 2.20. The van der Waals surface area contributed by atoms with E-state index >= 15 is 0 Å². The molecule has 2 heterocycles. The monoisotopic (exact) mass is 422 g/mol. The van der Waals surface area contributed by atoms with Crippen LogP contribution >= 0.6 is 12.4 Å². The van der Waals surface area contributed by atoms with Gasteiger partial charge in [0, 0.05) is 45.7 Å². The highest BCUT2D eigenvalue weighted by molar-refractivity contribution is 5.91. The Balaban J connectivity index is 0.00000300. The number of carbonyl (C=O) groups excluding carboxylic acids is 3. The number of amides is 3. The van der Waals surface area contributed by atoms with Crippen LogP contribution in [0, 0.1) is 0 Å². The van der Waals surface area contributed by atoms with E-state index < -0.39 is 0 Å². The van der Waals surface area contributed by atoms with Gasteiger partial charge in [-0.2, -0.15) is 0 Å². The molecular formula is C21H31ClN4O3. The zero-order valence-electron chi connectivity index (χ0n) is 17.2. The lowest BCUT2D eigenvalue weighted by molar-refractivity contribution is -0.142. The Bertz CT molecular complexity index is 736. The van der Waals surface area contributed by atoms with Crippen LogP contribution in [0.5, 0.6) is 0 Å². The topological polar surface area (TPSA) is 73.0 Å². The fourth-order valence-corrected chi connectivity index (χ4v) is 4.14. The smallest absolute Gasteiger partial charge is 0.227 e. The summed E-state index contributed by atoms with van der Waals surface area (Å²) in [5.74, 6) is -0.0402. The molecule has 1 N–H and O–H groups in total. The van der Waals surface area contributed by atoms with Crippen LogP contribution in [0.15, 0.2) is 24.3 Å². The zero-order chi connectivity index (χ0) is 20.1. The van der Waals surface area contributed by atoms with Crippen LogP contribution in [0.1, 0.15) is 32.3 Å². The van der Waals surface area contributed by atoms with Gasteiger partial charge >= 0.3 is 0 Å². The number of likely N-dealkylation sites (tertiary alicyclic amines) is 1. The number of hydrogen-bond acceptors (Lipinski definition) is 4.